The van der Waals surface area contributed by atoms with Gasteiger partial charge in [-0.05, 0) is 60.3 Å². The average molecular weight is 491 g/mol. The summed E-state index contributed by atoms with van der Waals surface area (Å²) in [4.78, 5) is 0. The van der Waals surface area contributed by atoms with Gasteiger partial charge in [-0.2, -0.15) is 0 Å². The fraction of sp³-hybridized carbons (Fsp3) is 0.0625. The van der Waals surface area contributed by atoms with Gasteiger partial charge < -0.3 is 5.11 Å². The first kappa shape index (κ1) is 23.5. The number of phenols is 1. The van der Waals surface area contributed by atoms with Crippen molar-refractivity contribution >= 4 is 37.1 Å². The Kier molecular flexibility index (Phi) is 7.69. The van der Waals surface area contributed by atoms with Gasteiger partial charge in [-0.1, -0.05) is 127 Å². The molecule has 0 aliphatic rings. The van der Waals surface area contributed by atoms with Crippen LogP contribution in [-0.2, 0) is 12.3 Å². The molecule has 0 aromatic heterocycles. The van der Waals surface area contributed by atoms with Gasteiger partial charge in [-0.3, -0.25) is 0 Å². The smallest absolute Gasteiger partial charge is 0.116 e. The first-order valence-corrected chi connectivity index (χ1v) is 14.9. The lowest BCUT2D eigenvalue weighted by Gasteiger charge is -2.21. The van der Waals surface area contributed by atoms with Gasteiger partial charge in [-0.15, -0.1) is 0 Å². The van der Waals surface area contributed by atoms with Crippen LogP contribution in [0.4, 0.5) is 0 Å². The number of phenolic OH excluding ortho intramolecular Hbond substituents is 1. The normalized spacial score (nSPS) is 11.1. The van der Waals surface area contributed by atoms with E-state index in [1.807, 2.05) is 12.1 Å². The number of aromatic hydroxyl groups is 1. The molecule has 0 radical (unpaired) electrons. The SMILES string of the molecule is Oc1cc(CP(c2ccccc2)c2ccccc2)cc(CP(c2ccccc2)c2ccccc2)c1. The highest BCUT2D eigenvalue weighted by Gasteiger charge is 2.18. The van der Waals surface area contributed by atoms with Gasteiger partial charge in [0.05, 0.1) is 0 Å². The maximum absolute atomic E-state index is 10.7. The molecule has 5 aromatic carbocycles. The highest BCUT2D eigenvalue weighted by atomic mass is 31.1. The zero-order valence-electron chi connectivity index (χ0n) is 19.5. The molecule has 35 heavy (non-hydrogen) atoms. The van der Waals surface area contributed by atoms with Gasteiger partial charge in [0, 0.05) is 12.3 Å². The molecule has 0 amide bonds. The van der Waals surface area contributed by atoms with E-state index in [0.29, 0.717) is 5.75 Å². The van der Waals surface area contributed by atoms with Gasteiger partial charge in [0.2, 0.25) is 0 Å². The van der Waals surface area contributed by atoms with Crippen LogP contribution in [-0.4, -0.2) is 5.11 Å². The lowest BCUT2D eigenvalue weighted by atomic mass is 10.1. The van der Waals surface area contributed by atoms with Crippen molar-refractivity contribution in [2.75, 3.05) is 0 Å². The summed E-state index contributed by atoms with van der Waals surface area (Å²) < 4.78 is 0. The number of rotatable bonds is 8. The highest BCUT2D eigenvalue weighted by Crippen LogP contribution is 2.41. The highest BCUT2D eigenvalue weighted by molar-refractivity contribution is 7.72. The van der Waals surface area contributed by atoms with Crippen LogP contribution >= 0.6 is 15.8 Å². The Morgan fingerprint density at radius 2 is 0.686 bits per heavy atom. The van der Waals surface area contributed by atoms with Crippen molar-refractivity contribution < 1.29 is 5.11 Å². The summed E-state index contributed by atoms with van der Waals surface area (Å²) in [5, 5.41) is 16.1. The minimum absolute atomic E-state index is 0.352. The van der Waals surface area contributed by atoms with E-state index in [1.165, 1.54) is 32.3 Å². The molecule has 1 nitrogen and oxygen atoms in total. The summed E-state index contributed by atoms with van der Waals surface area (Å²) in [7, 11) is -1.13. The molecule has 3 heteroatoms. The Balaban J connectivity index is 1.48. The monoisotopic (exact) mass is 490 g/mol. The summed E-state index contributed by atoms with van der Waals surface area (Å²) in [6, 6.07) is 49.3. The van der Waals surface area contributed by atoms with Crippen molar-refractivity contribution in [1.29, 1.82) is 0 Å². The van der Waals surface area contributed by atoms with Crippen LogP contribution < -0.4 is 21.2 Å². The lowest BCUT2D eigenvalue weighted by molar-refractivity contribution is 0.474. The largest absolute Gasteiger partial charge is 0.508 e. The third-order valence-electron chi connectivity index (χ3n) is 5.99. The maximum Gasteiger partial charge on any atom is 0.116 e. The summed E-state index contributed by atoms with van der Waals surface area (Å²) in [6.45, 7) is 0. The molecular weight excluding hydrogens is 462 g/mol. The van der Waals surface area contributed by atoms with Crippen LogP contribution in [0, 0.1) is 0 Å². The van der Waals surface area contributed by atoms with Gasteiger partial charge in [-0.25, -0.2) is 0 Å². The molecule has 0 saturated carbocycles. The van der Waals surface area contributed by atoms with E-state index >= 15 is 0 Å². The molecule has 0 aliphatic heterocycles. The van der Waals surface area contributed by atoms with Crippen LogP contribution in [0.2, 0.25) is 0 Å². The van der Waals surface area contributed by atoms with E-state index < -0.39 is 15.8 Å². The molecule has 0 unspecified atom stereocenters. The molecular formula is C32H28OP2. The van der Waals surface area contributed by atoms with E-state index in [9.17, 15) is 5.11 Å². The zero-order chi connectivity index (χ0) is 23.9. The van der Waals surface area contributed by atoms with E-state index in [-0.39, 0.29) is 0 Å². The number of benzene rings is 5. The predicted octanol–water partition coefficient (Wildman–Crippen LogP) is 6.66. The molecule has 1 N–H and O–H groups in total. The molecule has 172 valence electrons. The Labute approximate surface area is 210 Å². The quantitative estimate of drug-likeness (QED) is 0.241. The fourth-order valence-electron chi connectivity index (χ4n) is 4.39. The molecule has 5 aromatic rings. The van der Waals surface area contributed by atoms with Crippen LogP contribution in [0.15, 0.2) is 140 Å². The van der Waals surface area contributed by atoms with E-state index in [2.05, 4.69) is 127 Å². The first-order valence-electron chi connectivity index (χ1n) is 11.8. The summed E-state index contributed by atoms with van der Waals surface area (Å²) in [5.41, 5.74) is 2.38. The third-order valence-corrected chi connectivity index (χ3v) is 11.0. The van der Waals surface area contributed by atoms with Crippen molar-refractivity contribution in [3.05, 3.63) is 151 Å². The topological polar surface area (TPSA) is 20.2 Å². The molecule has 0 aliphatic carbocycles. The predicted molar refractivity (Wildman–Crippen MR) is 154 cm³/mol. The van der Waals surface area contributed by atoms with Crippen molar-refractivity contribution in [3.63, 3.8) is 0 Å². The standard InChI is InChI=1S/C32H28OP2/c33-28-22-26(24-34(29-13-5-1-6-14-29)30-15-7-2-8-16-30)21-27(23-28)25-35(31-17-9-3-10-18-31)32-19-11-4-12-20-32/h1-23,33H,24-25H2. The first-order chi connectivity index (χ1) is 17.3. The van der Waals surface area contributed by atoms with Crippen molar-refractivity contribution in [3.8, 4) is 5.75 Å². The second kappa shape index (κ2) is 11.5. The summed E-state index contributed by atoms with van der Waals surface area (Å²) in [6.07, 6.45) is 1.80. The molecule has 0 spiro atoms. The summed E-state index contributed by atoms with van der Waals surface area (Å²) >= 11 is 0. The maximum atomic E-state index is 10.7. The van der Waals surface area contributed by atoms with Crippen molar-refractivity contribution in [1.82, 2.24) is 0 Å². The average Bonchev–Trinajstić information content (AvgIpc) is 2.92. The fourth-order valence-corrected chi connectivity index (χ4v) is 8.94. The van der Waals surface area contributed by atoms with Crippen LogP contribution in [0.25, 0.3) is 0 Å². The van der Waals surface area contributed by atoms with Crippen LogP contribution in [0.5, 0.6) is 5.75 Å². The van der Waals surface area contributed by atoms with E-state index in [4.69, 9.17) is 0 Å². The second-order valence-corrected chi connectivity index (χ2v) is 12.9. The van der Waals surface area contributed by atoms with Crippen LogP contribution in [0.1, 0.15) is 11.1 Å². The van der Waals surface area contributed by atoms with Crippen molar-refractivity contribution in [2.24, 2.45) is 0 Å². The molecule has 0 atom stereocenters. The van der Waals surface area contributed by atoms with Gasteiger partial charge in [0.25, 0.3) is 0 Å². The minimum Gasteiger partial charge on any atom is -0.508 e. The van der Waals surface area contributed by atoms with Crippen molar-refractivity contribution in [2.45, 2.75) is 12.3 Å². The lowest BCUT2D eigenvalue weighted by Crippen LogP contribution is -2.14. The number of hydrogen-bond donors (Lipinski definition) is 1. The van der Waals surface area contributed by atoms with E-state index in [1.54, 1.807) is 0 Å². The zero-order valence-corrected chi connectivity index (χ0v) is 21.3. The second-order valence-electron chi connectivity index (χ2n) is 8.52. The Hall–Kier alpha value is -3.24. The molecule has 0 bridgehead atoms. The summed E-state index contributed by atoms with van der Waals surface area (Å²) in [5.74, 6) is 0.352. The molecule has 5 rings (SSSR count). The van der Waals surface area contributed by atoms with Crippen LogP contribution in [0.3, 0.4) is 0 Å². The number of hydrogen-bond acceptors (Lipinski definition) is 1. The molecule has 0 heterocycles. The Morgan fingerprint density at radius 3 is 0.971 bits per heavy atom. The van der Waals surface area contributed by atoms with E-state index in [0.717, 1.165) is 12.3 Å². The third kappa shape index (κ3) is 6.07. The molecule has 0 saturated heterocycles. The Morgan fingerprint density at radius 1 is 0.400 bits per heavy atom. The molecule has 0 fully saturated rings. The van der Waals surface area contributed by atoms with Gasteiger partial charge in [0.1, 0.15) is 5.75 Å². The minimum atomic E-state index is -0.566. The van der Waals surface area contributed by atoms with Gasteiger partial charge in [0.15, 0.2) is 0 Å². The van der Waals surface area contributed by atoms with Gasteiger partial charge >= 0.3 is 0 Å². The Bertz CT molecular complexity index is 1160.